The molecule has 1 fully saturated rings. The van der Waals surface area contributed by atoms with Gasteiger partial charge in [-0.1, -0.05) is 0 Å². The van der Waals surface area contributed by atoms with Crippen molar-refractivity contribution in [2.75, 3.05) is 39.8 Å². The van der Waals surface area contributed by atoms with Crippen LogP contribution in [0.5, 0.6) is 0 Å². The van der Waals surface area contributed by atoms with Gasteiger partial charge in [0, 0.05) is 32.7 Å². The summed E-state index contributed by atoms with van der Waals surface area (Å²) in [7, 11) is -4.00. The molecule has 1 rings (SSSR count). The first-order valence-corrected chi connectivity index (χ1v) is 6.98. The predicted molar refractivity (Wildman–Crippen MR) is 59.6 cm³/mol. The van der Waals surface area contributed by atoms with E-state index in [2.05, 4.69) is 4.74 Å². The van der Waals surface area contributed by atoms with Gasteiger partial charge < -0.3 is 9.64 Å². The van der Waals surface area contributed by atoms with E-state index in [0.29, 0.717) is 10.8 Å². The Bertz CT molecular complexity index is 416. The van der Waals surface area contributed by atoms with Gasteiger partial charge in [0.1, 0.15) is 0 Å². The molecule has 0 aromatic rings. The summed E-state index contributed by atoms with van der Waals surface area (Å²) < 4.78 is 64.1. The van der Waals surface area contributed by atoms with E-state index in [1.807, 2.05) is 0 Å². The van der Waals surface area contributed by atoms with Crippen molar-refractivity contribution in [1.82, 2.24) is 9.21 Å². The summed E-state index contributed by atoms with van der Waals surface area (Å²) in [5.74, 6) is -0.412. The Morgan fingerprint density at radius 3 is 2.16 bits per heavy atom. The molecule has 0 bridgehead atoms. The number of carbonyl (C=O) groups is 1. The third-order valence-corrected chi connectivity index (χ3v) is 4.45. The van der Waals surface area contributed by atoms with E-state index in [-0.39, 0.29) is 32.6 Å². The van der Waals surface area contributed by atoms with Crippen LogP contribution in [-0.4, -0.2) is 68.9 Å². The van der Waals surface area contributed by atoms with E-state index in [0.717, 1.165) is 0 Å². The van der Waals surface area contributed by atoms with Crippen molar-refractivity contribution in [3.8, 4) is 0 Å². The first kappa shape index (κ1) is 16.2. The maximum atomic E-state index is 12.3. The summed E-state index contributed by atoms with van der Waals surface area (Å²) in [6.07, 6.45) is 0.128. The fourth-order valence-corrected chi connectivity index (χ4v) is 2.63. The normalized spacial score (nSPS) is 19.4. The van der Waals surface area contributed by atoms with Crippen molar-refractivity contribution in [2.24, 2.45) is 0 Å². The van der Waals surface area contributed by atoms with Gasteiger partial charge in [-0.2, -0.15) is 17.5 Å². The lowest BCUT2D eigenvalue weighted by atomic mass is 10.3. The number of sulfonamides is 1. The van der Waals surface area contributed by atoms with Gasteiger partial charge in [0.05, 0.1) is 13.5 Å². The number of alkyl halides is 3. The lowest BCUT2D eigenvalue weighted by molar-refractivity contribution is -0.141. The number of carbonyl (C=O) groups excluding carboxylic acids is 1. The minimum atomic E-state index is -5.26. The van der Waals surface area contributed by atoms with Crippen LogP contribution >= 0.6 is 0 Å². The largest absolute Gasteiger partial charge is 0.511 e. The number of halogens is 3. The Morgan fingerprint density at radius 1 is 1.21 bits per heavy atom. The molecular weight excluding hydrogens is 289 g/mol. The third-order valence-electron chi connectivity index (χ3n) is 2.82. The van der Waals surface area contributed by atoms with E-state index < -0.39 is 21.5 Å². The SMILES string of the molecule is COC(=O)CCN1CCN(S(=O)(=O)C(F)(F)F)CC1. The zero-order valence-electron chi connectivity index (χ0n) is 10.3. The molecule has 112 valence electrons. The Labute approximate surface area is 109 Å². The highest BCUT2D eigenvalue weighted by atomic mass is 32.2. The van der Waals surface area contributed by atoms with Crippen LogP contribution < -0.4 is 0 Å². The van der Waals surface area contributed by atoms with E-state index in [1.165, 1.54) is 7.11 Å². The zero-order chi connectivity index (χ0) is 14.7. The number of methoxy groups -OCH3 is 1. The molecule has 0 aromatic heterocycles. The number of esters is 1. The van der Waals surface area contributed by atoms with Crippen LogP contribution in [0.25, 0.3) is 0 Å². The van der Waals surface area contributed by atoms with Gasteiger partial charge in [-0.25, -0.2) is 8.42 Å². The van der Waals surface area contributed by atoms with Crippen LogP contribution in [0.4, 0.5) is 13.2 Å². The van der Waals surface area contributed by atoms with Crippen molar-refractivity contribution in [1.29, 1.82) is 0 Å². The molecule has 1 aliphatic heterocycles. The lowest BCUT2D eigenvalue weighted by Gasteiger charge is -2.33. The number of ether oxygens (including phenoxy) is 1. The van der Waals surface area contributed by atoms with Gasteiger partial charge in [0.2, 0.25) is 0 Å². The summed E-state index contributed by atoms with van der Waals surface area (Å²) in [6, 6.07) is 0. The summed E-state index contributed by atoms with van der Waals surface area (Å²) in [5.41, 5.74) is -5.26. The Balaban J connectivity index is 2.48. The molecule has 0 N–H and O–H groups in total. The standard InChI is InChI=1S/C9H15F3N2O4S/c1-18-8(15)2-3-13-4-6-14(7-5-13)19(16,17)9(10,11)12/h2-7H2,1H3. The smallest absolute Gasteiger partial charge is 0.469 e. The number of hydrogen-bond acceptors (Lipinski definition) is 5. The second kappa shape index (κ2) is 6.06. The van der Waals surface area contributed by atoms with Crippen LogP contribution in [0.3, 0.4) is 0 Å². The van der Waals surface area contributed by atoms with Crippen molar-refractivity contribution in [3.05, 3.63) is 0 Å². The van der Waals surface area contributed by atoms with Crippen molar-refractivity contribution < 1.29 is 31.1 Å². The Morgan fingerprint density at radius 2 is 1.74 bits per heavy atom. The average molecular weight is 304 g/mol. The monoisotopic (exact) mass is 304 g/mol. The molecule has 0 atom stereocenters. The fourth-order valence-electron chi connectivity index (χ4n) is 1.69. The van der Waals surface area contributed by atoms with E-state index in [1.54, 1.807) is 4.90 Å². The molecule has 0 amide bonds. The van der Waals surface area contributed by atoms with Crippen molar-refractivity contribution >= 4 is 16.0 Å². The molecule has 10 heteroatoms. The van der Waals surface area contributed by atoms with Gasteiger partial charge in [0.15, 0.2) is 0 Å². The molecule has 1 aliphatic rings. The van der Waals surface area contributed by atoms with Gasteiger partial charge >= 0.3 is 21.5 Å². The maximum Gasteiger partial charge on any atom is 0.511 e. The molecule has 0 radical (unpaired) electrons. The molecule has 0 saturated carbocycles. The Kier molecular flexibility index (Phi) is 5.16. The Hall–Kier alpha value is -0.870. The van der Waals surface area contributed by atoms with Crippen LogP contribution in [0, 0.1) is 0 Å². The number of piperazine rings is 1. The second-order valence-corrected chi connectivity index (χ2v) is 5.95. The molecule has 0 aliphatic carbocycles. The van der Waals surface area contributed by atoms with Gasteiger partial charge in [-0.05, 0) is 0 Å². The van der Waals surface area contributed by atoms with Crippen LogP contribution in [-0.2, 0) is 19.6 Å². The predicted octanol–water partition coefficient (Wildman–Crippen LogP) is 0.0167. The maximum absolute atomic E-state index is 12.3. The number of rotatable bonds is 4. The number of nitrogens with zero attached hydrogens (tertiary/aromatic N) is 2. The van der Waals surface area contributed by atoms with Crippen molar-refractivity contribution in [2.45, 2.75) is 11.9 Å². The van der Waals surface area contributed by atoms with E-state index in [4.69, 9.17) is 0 Å². The first-order chi connectivity index (χ1) is 8.68. The molecule has 19 heavy (non-hydrogen) atoms. The molecule has 0 aromatic carbocycles. The highest BCUT2D eigenvalue weighted by Gasteiger charge is 2.50. The highest BCUT2D eigenvalue weighted by molar-refractivity contribution is 7.90. The molecule has 0 spiro atoms. The average Bonchev–Trinajstić information content (AvgIpc) is 2.35. The minimum absolute atomic E-state index is 0.128. The molecule has 0 unspecified atom stereocenters. The molecular formula is C9H15F3N2O4S. The highest BCUT2D eigenvalue weighted by Crippen LogP contribution is 2.27. The summed E-state index contributed by atoms with van der Waals surface area (Å²) in [4.78, 5) is 12.6. The summed E-state index contributed by atoms with van der Waals surface area (Å²) >= 11 is 0. The summed E-state index contributed by atoms with van der Waals surface area (Å²) in [5, 5.41) is 0. The van der Waals surface area contributed by atoms with E-state index >= 15 is 0 Å². The van der Waals surface area contributed by atoms with Gasteiger partial charge in [-0.15, -0.1) is 0 Å². The summed E-state index contributed by atoms with van der Waals surface area (Å²) in [6.45, 7) is 0.192. The van der Waals surface area contributed by atoms with Crippen LogP contribution in [0.1, 0.15) is 6.42 Å². The van der Waals surface area contributed by atoms with Gasteiger partial charge in [0.25, 0.3) is 0 Å². The third kappa shape index (κ3) is 4.05. The van der Waals surface area contributed by atoms with Crippen LogP contribution in [0.15, 0.2) is 0 Å². The zero-order valence-corrected chi connectivity index (χ0v) is 11.1. The van der Waals surface area contributed by atoms with E-state index in [9.17, 15) is 26.4 Å². The number of hydrogen-bond donors (Lipinski definition) is 0. The quantitative estimate of drug-likeness (QED) is 0.685. The second-order valence-electron chi connectivity index (χ2n) is 4.02. The molecule has 6 nitrogen and oxygen atoms in total. The van der Waals surface area contributed by atoms with Crippen molar-refractivity contribution in [3.63, 3.8) is 0 Å². The topological polar surface area (TPSA) is 66.9 Å². The minimum Gasteiger partial charge on any atom is -0.469 e. The molecule has 1 saturated heterocycles. The molecule has 1 heterocycles. The lowest BCUT2D eigenvalue weighted by Crippen LogP contribution is -2.52. The first-order valence-electron chi connectivity index (χ1n) is 5.54. The fraction of sp³-hybridized carbons (Fsp3) is 0.889. The van der Waals surface area contributed by atoms with Gasteiger partial charge in [-0.3, -0.25) is 4.79 Å². The van der Waals surface area contributed by atoms with Crippen LogP contribution in [0.2, 0.25) is 0 Å².